The first-order valence-electron chi connectivity index (χ1n) is 9.67. The van der Waals surface area contributed by atoms with Gasteiger partial charge in [-0.1, -0.05) is 18.2 Å². The van der Waals surface area contributed by atoms with Crippen molar-refractivity contribution in [3.63, 3.8) is 0 Å². The van der Waals surface area contributed by atoms with E-state index in [1.165, 1.54) is 0 Å². The molecule has 4 rings (SSSR count). The predicted octanol–water partition coefficient (Wildman–Crippen LogP) is 3.42. The summed E-state index contributed by atoms with van der Waals surface area (Å²) in [5, 5.41) is 0.853. The molecule has 0 amide bonds. The van der Waals surface area contributed by atoms with Crippen molar-refractivity contribution in [3.05, 3.63) is 76.6 Å². The number of rotatable bonds is 7. The number of likely N-dealkylation sites (N-methyl/N-ethyl adjacent to an activating group) is 1. The van der Waals surface area contributed by atoms with Crippen LogP contribution in [0.4, 0.5) is 0 Å². The average Bonchev–Trinajstić information content (AvgIpc) is 3.16. The Labute approximate surface area is 174 Å². The molecule has 7 heteroatoms. The van der Waals surface area contributed by atoms with E-state index in [1.54, 1.807) is 12.4 Å². The number of fused-ring (bicyclic) bond motifs is 1. The summed E-state index contributed by atoms with van der Waals surface area (Å²) in [6.45, 7) is 1.54. The molecule has 0 radical (unpaired) electrons. The van der Waals surface area contributed by atoms with Crippen molar-refractivity contribution in [1.82, 2.24) is 24.8 Å². The molecule has 0 atom stereocenters. The minimum Gasteiger partial charge on any atom is -0.492 e. The van der Waals surface area contributed by atoms with Crippen LogP contribution in [0.25, 0.3) is 34.4 Å². The lowest BCUT2D eigenvalue weighted by molar-refractivity contribution is 0.261. The van der Waals surface area contributed by atoms with Crippen LogP contribution in [0.2, 0.25) is 0 Å². The van der Waals surface area contributed by atoms with Gasteiger partial charge in [0.25, 0.3) is 0 Å². The van der Waals surface area contributed by atoms with Crippen LogP contribution in [-0.2, 0) is 0 Å². The summed E-state index contributed by atoms with van der Waals surface area (Å²) in [5.74, 6) is 0.862. The molecule has 2 N–H and O–H groups in total. The van der Waals surface area contributed by atoms with Crippen molar-refractivity contribution in [2.45, 2.75) is 0 Å². The van der Waals surface area contributed by atoms with Crippen LogP contribution < -0.4 is 10.4 Å². The summed E-state index contributed by atoms with van der Waals surface area (Å²) < 4.78 is 5.72. The molecular formula is C23H23N5O2. The van der Waals surface area contributed by atoms with Crippen LogP contribution in [0.1, 0.15) is 11.3 Å². The van der Waals surface area contributed by atoms with E-state index < -0.39 is 0 Å². The number of ether oxygens (including phenoxy) is 1. The number of pyridine rings is 1. The minimum atomic E-state index is -0.372. The monoisotopic (exact) mass is 401 g/mol. The molecule has 152 valence electrons. The number of H-pyrrole nitrogens is 2. The topological polar surface area (TPSA) is 86.9 Å². The highest BCUT2D eigenvalue weighted by molar-refractivity contribution is 5.82. The van der Waals surface area contributed by atoms with Gasteiger partial charge in [-0.15, -0.1) is 0 Å². The Balaban J connectivity index is 1.47. The van der Waals surface area contributed by atoms with Gasteiger partial charge in [-0.25, -0.2) is 9.78 Å². The highest BCUT2D eigenvalue weighted by Gasteiger charge is 2.05. The second-order valence-corrected chi connectivity index (χ2v) is 7.23. The van der Waals surface area contributed by atoms with E-state index in [9.17, 15) is 4.79 Å². The zero-order valence-corrected chi connectivity index (χ0v) is 16.9. The second-order valence-electron chi connectivity index (χ2n) is 7.23. The third-order valence-electron chi connectivity index (χ3n) is 4.63. The fourth-order valence-electron chi connectivity index (χ4n) is 3.01. The normalized spacial score (nSPS) is 11.6. The molecular weight excluding hydrogens is 378 g/mol. The average molecular weight is 401 g/mol. The number of hydrogen-bond acceptors (Lipinski definition) is 5. The summed E-state index contributed by atoms with van der Waals surface area (Å²) in [4.78, 5) is 27.6. The van der Waals surface area contributed by atoms with Crippen LogP contribution in [0.3, 0.4) is 0 Å². The van der Waals surface area contributed by atoms with Gasteiger partial charge in [0.2, 0.25) is 0 Å². The first kappa shape index (κ1) is 19.6. The molecule has 0 aliphatic rings. The minimum absolute atomic E-state index is 0.372. The Morgan fingerprint density at radius 1 is 1.03 bits per heavy atom. The van der Waals surface area contributed by atoms with Gasteiger partial charge in [0, 0.05) is 35.6 Å². The number of nitrogens with zero attached hydrogens (tertiary/aromatic N) is 3. The smallest absolute Gasteiger partial charge is 0.346 e. The molecule has 4 aromatic rings. The van der Waals surface area contributed by atoms with Gasteiger partial charge in [0.15, 0.2) is 0 Å². The van der Waals surface area contributed by atoms with Gasteiger partial charge in [0.1, 0.15) is 18.0 Å². The zero-order valence-electron chi connectivity index (χ0n) is 16.9. The quantitative estimate of drug-likeness (QED) is 0.495. The van der Waals surface area contributed by atoms with Crippen molar-refractivity contribution in [1.29, 1.82) is 0 Å². The third-order valence-corrected chi connectivity index (χ3v) is 4.63. The summed E-state index contributed by atoms with van der Waals surface area (Å²) in [6, 6.07) is 13.9. The van der Waals surface area contributed by atoms with Gasteiger partial charge in [-0.05, 0) is 56.1 Å². The van der Waals surface area contributed by atoms with E-state index in [0.29, 0.717) is 12.3 Å². The molecule has 0 fully saturated rings. The molecule has 7 nitrogen and oxygen atoms in total. The van der Waals surface area contributed by atoms with Crippen LogP contribution in [-0.4, -0.2) is 52.1 Å². The standard InChI is InChI=1S/C23H23N5O2/c1-28(2)11-12-30-20-7-4-16(5-8-20)3-6-19-13-17(9-10-24-19)21-14-18-15-25-23(29)27-22(18)26-21/h3-10,13-15H,11-12H2,1-2H3,(H2,25,26,27,29). The Morgan fingerprint density at radius 3 is 2.67 bits per heavy atom. The van der Waals surface area contributed by atoms with Gasteiger partial charge in [0.05, 0.1) is 5.69 Å². The van der Waals surface area contributed by atoms with E-state index in [1.807, 2.05) is 68.7 Å². The van der Waals surface area contributed by atoms with Crippen molar-refractivity contribution >= 4 is 23.2 Å². The zero-order chi connectivity index (χ0) is 20.9. The number of hydrogen-bond donors (Lipinski definition) is 2. The molecule has 0 bridgehead atoms. The lowest BCUT2D eigenvalue weighted by Crippen LogP contribution is -2.19. The molecule has 1 aromatic carbocycles. The summed E-state index contributed by atoms with van der Waals surface area (Å²) in [5.41, 5.74) is 4.06. The fraction of sp³-hybridized carbons (Fsp3) is 0.174. The molecule has 0 aliphatic carbocycles. The molecule has 0 aliphatic heterocycles. The van der Waals surface area contributed by atoms with Gasteiger partial charge >= 0.3 is 5.69 Å². The van der Waals surface area contributed by atoms with Gasteiger partial charge in [-0.2, -0.15) is 0 Å². The third kappa shape index (κ3) is 4.82. The van der Waals surface area contributed by atoms with Crippen LogP contribution in [0, 0.1) is 0 Å². The van der Waals surface area contributed by atoms with E-state index in [-0.39, 0.29) is 5.69 Å². The molecule has 3 heterocycles. The fourth-order valence-corrected chi connectivity index (χ4v) is 3.01. The molecule has 0 saturated carbocycles. The SMILES string of the molecule is CN(C)CCOc1ccc(C=Cc2cc(-c3cc4cnc(=O)[nH]c4[nH]3)ccn2)cc1. The van der Waals surface area contributed by atoms with Crippen molar-refractivity contribution < 1.29 is 4.74 Å². The molecule has 0 saturated heterocycles. The van der Waals surface area contributed by atoms with E-state index in [4.69, 9.17) is 4.74 Å². The lowest BCUT2D eigenvalue weighted by atomic mass is 10.1. The van der Waals surface area contributed by atoms with Gasteiger partial charge in [-0.3, -0.25) is 9.97 Å². The number of aromatic amines is 2. The van der Waals surface area contributed by atoms with Gasteiger partial charge < -0.3 is 14.6 Å². The molecule has 0 spiro atoms. The van der Waals surface area contributed by atoms with Crippen LogP contribution >= 0.6 is 0 Å². The van der Waals surface area contributed by atoms with E-state index in [2.05, 4.69) is 24.8 Å². The number of benzene rings is 1. The van der Waals surface area contributed by atoms with E-state index >= 15 is 0 Å². The molecule has 30 heavy (non-hydrogen) atoms. The summed E-state index contributed by atoms with van der Waals surface area (Å²) >= 11 is 0. The number of aromatic nitrogens is 4. The van der Waals surface area contributed by atoms with Crippen LogP contribution in [0.5, 0.6) is 5.75 Å². The first-order valence-corrected chi connectivity index (χ1v) is 9.67. The molecule has 3 aromatic heterocycles. The van der Waals surface area contributed by atoms with Crippen molar-refractivity contribution in [2.75, 3.05) is 27.2 Å². The Kier molecular flexibility index (Phi) is 5.72. The van der Waals surface area contributed by atoms with Crippen LogP contribution in [0.15, 0.2) is 59.7 Å². The largest absolute Gasteiger partial charge is 0.492 e. The predicted molar refractivity (Wildman–Crippen MR) is 119 cm³/mol. The summed E-state index contributed by atoms with van der Waals surface area (Å²) in [6.07, 6.45) is 7.31. The maximum atomic E-state index is 11.4. The summed E-state index contributed by atoms with van der Waals surface area (Å²) in [7, 11) is 4.05. The van der Waals surface area contributed by atoms with Crippen molar-refractivity contribution in [3.8, 4) is 17.0 Å². The molecule has 0 unspecified atom stereocenters. The highest BCUT2D eigenvalue weighted by atomic mass is 16.5. The number of nitrogens with one attached hydrogen (secondary N) is 2. The van der Waals surface area contributed by atoms with Crippen molar-refractivity contribution in [2.24, 2.45) is 0 Å². The highest BCUT2D eigenvalue weighted by Crippen LogP contribution is 2.23. The lowest BCUT2D eigenvalue weighted by Gasteiger charge is -2.10. The Hall–Kier alpha value is -3.71. The Bertz CT molecular complexity index is 1220. The second kappa shape index (κ2) is 8.75. The maximum Gasteiger partial charge on any atom is 0.346 e. The van der Waals surface area contributed by atoms with E-state index in [0.717, 1.165) is 40.2 Å². The first-order chi connectivity index (χ1) is 14.6. The maximum absolute atomic E-state index is 11.4. The Morgan fingerprint density at radius 2 is 1.87 bits per heavy atom.